The fraction of sp³-hybridized carbons (Fsp3) is 0.455. The van der Waals surface area contributed by atoms with Crippen LogP contribution in [0.15, 0.2) is 54.6 Å². The number of hydrogen-bond donors (Lipinski definition) is 0. The van der Waals surface area contributed by atoms with Crippen LogP contribution < -0.4 is 0 Å². The molecule has 2 aliphatic rings. The highest BCUT2D eigenvalue weighted by atomic mass is 16.5. The molecule has 0 aromatic heterocycles. The van der Waals surface area contributed by atoms with Crippen LogP contribution in [0.2, 0.25) is 0 Å². The SMILES string of the molecule is CN(C)CCC1(c2ccccc2)OC2(CCOCC2)c2ccccc21. The van der Waals surface area contributed by atoms with Gasteiger partial charge >= 0.3 is 0 Å². The van der Waals surface area contributed by atoms with Gasteiger partial charge in [-0.15, -0.1) is 0 Å². The number of fused-ring (bicyclic) bond motifs is 2. The summed E-state index contributed by atoms with van der Waals surface area (Å²) in [7, 11) is 4.26. The molecule has 0 N–H and O–H groups in total. The third kappa shape index (κ3) is 2.80. The molecule has 132 valence electrons. The van der Waals surface area contributed by atoms with E-state index in [1.165, 1.54) is 16.7 Å². The molecule has 0 radical (unpaired) electrons. The van der Waals surface area contributed by atoms with Gasteiger partial charge in [-0.2, -0.15) is 0 Å². The molecule has 0 aliphatic carbocycles. The summed E-state index contributed by atoms with van der Waals surface area (Å²) in [5.41, 5.74) is 3.37. The average Bonchev–Trinajstić information content (AvgIpc) is 2.93. The van der Waals surface area contributed by atoms with Crippen LogP contribution in [0.3, 0.4) is 0 Å². The molecule has 1 atom stereocenters. The van der Waals surface area contributed by atoms with Crippen LogP contribution in [-0.4, -0.2) is 38.8 Å². The summed E-state index contributed by atoms with van der Waals surface area (Å²) in [5.74, 6) is 0. The molecule has 2 aliphatic heterocycles. The molecule has 0 saturated carbocycles. The second-order valence-corrected chi connectivity index (χ2v) is 7.50. The van der Waals surface area contributed by atoms with Crippen LogP contribution in [0.25, 0.3) is 0 Å². The maximum Gasteiger partial charge on any atom is 0.121 e. The molecule has 2 heterocycles. The van der Waals surface area contributed by atoms with Crippen molar-refractivity contribution >= 4 is 0 Å². The zero-order chi connectivity index (χ0) is 17.3. The third-order valence-electron chi connectivity index (χ3n) is 5.67. The van der Waals surface area contributed by atoms with E-state index in [1.54, 1.807) is 0 Å². The summed E-state index contributed by atoms with van der Waals surface area (Å²) in [6.07, 6.45) is 2.81. The minimum Gasteiger partial charge on any atom is -0.381 e. The lowest BCUT2D eigenvalue weighted by molar-refractivity contribution is -0.167. The number of hydrogen-bond acceptors (Lipinski definition) is 3. The summed E-state index contributed by atoms with van der Waals surface area (Å²) < 4.78 is 12.7. The molecule has 1 spiro atoms. The lowest BCUT2D eigenvalue weighted by Gasteiger charge is -2.39. The van der Waals surface area contributed by atoms with E-state index in [1.807, 2.05) is 0 Å². The van der Waals surface area contributed by atoms with Crippen LogP contribution >= 0.6 is 0 Å². The Labute approximate surface area is 150 Å². The number of ether oxygens (including phenoxy) is 2. The summed E-state index contributed by atoms with van der Waals surface area (Å²) in [4.78, 5) is 2.24. The van der Waals surface area contributed by atoms with Gasteiger partial charge in [-0.05, 0) is 37.2 Å². The van der Waals surface area contributed by atoms with Gasteiger partial charge in [-0.3, -0.25) is 0 Å². The van der Waals surface area contributed by atoms with E-state index in [4.69, 9.17) is 9.47 Å². The van der Waals surface area contributed by atoms with Crippen molar-refractivity contribution in [3.63, 3.8) is 0 Å². The van der Waals surface area contributed by atoms with Crippen molar-refractivity contribution in [1.29, 1.82) is 0 Å². The minimum atomic E-state index is -0.376. The van der Waals surface area contributed by atoms with Crippen LogP contribution in [0, 0.1) is 0 Å². The average molecular weight is 337 g/mol. The smallest absolute Gasteiger partial charge is 0.121 e. The third-order valence-corrected chi connectivity index (χ3v) is 5.67. The standard InChI is InChI=1S/C22H27NO2/c1-23(2)15-12-22(18-8-4-3-5-9-18)20-11-7-6-10-19(20)21(25-22)13-16-24-17-14-21/h3-11H,12-17H2,1-2H3. The van der Waals surface area contributed by atoms with Crippen molar-refractivity contribution < 1.29 is 9.47 Å². The van der Waals surface area contributed by atoms with Crippen molar-refractivity contribution in [3.05, 3.63) is 71.3 Å². The first kappa shape index (κ1) is 16.8. The first-order chi connectivity index (χ1) is 12.2. The first-order valence-electron chi connectivity index (χ1n) is 9.24. The molecular formula is C22H27NO2. The fourth-order valence-electron chi connectivity index (χ4n) is 4.38. The minimum absolute atomic E-state index is 0.211. The van der Waals surface area contributed by atoms with Crippen molar-refractivity contribution in [3.8, 4) is 0 Å². The Bertz CT molecular complexity index is 722. The Morgan fingerprint density at radius 1 is 0.880 bits per heavy atom. The molecule has 25 heavy (non-hydrogen) atoms. The maximum absolute atomic E-state index is 7.08. The number of nitrogens with zero attached hydrogens (tertiary/aromatic N) is 1. The maximum atomic E-state index is 7.08. The van der Waals surface area contributed by atoms with E-state index in [0.717, 1.165) is 39.0 Å². The Hall–Kier alpha value is -1.68. The lowest BCUT2D eigenvalue weighted by atomic mass is 9.80. The molecule has 2 aromatic rings. The second-order valence-electron chi connectivity index (χ2n) is 7.50. The van der Waals surface area contributed by atoms with Crippen molar-refractivity contribution in [2.45, 2.75) is 30.5 Å². The van der Waals surface area contributed by atoms with Gasteiger partial charge in [0.05, 0.1) is 5.60 Å². The summed E-state index contributed by atoms with van der Waals surface area (Å²) in [6.45, 7) is 2.52. The first-order valence-corrected chi connectivity index (χ1v) is 9.24. The largest absolute Gasteiger partial charge is 0.381 e. The summed E-state index contributed by atoms with van der Waals surface area (Å²) in [5, 5.41) is 0. The number of rotatable bonds is 4. The van der Waals surface area contributed by atoms with E-state index in [-0.39, 0.29) is 11.2 Å². The Balaban J connectivity index is 1.86. The molecule has 1 unspecified atom stereocenters. The second kappa shape index (κ2) is 6.56. The highest BCUT2D eigenvalue weighted by Crippen LogP contribution is 2.55. The van der Waals surface area contributed by atoms with Gasteiger partial charge in [0, 0.05) is 32.6 Å². The van der Waals surface area contributed by atoms with Crippen molar-refractivity contribution in [2.75, 3.05) is 33.9 Å². The molecule has 3 nitrogen and oxygen atoms in total. The lowest BCUT2D eigenvalue weighted by Crippen LogP contribution is -2.39. The molecular weight excluding hydrogens is 310 g/mol. The predicted octanol–water partition coefficient (Wildman–Crippen LogP) is 3.92. The quantitative estimate of drug-likeness (QED) is 0.844. The monoisotopic (exact) mass is 337 g/mol. The van der Waals surface area contributed by atoms with Crippen molar-refractivity contribution in [2.24, 2.45) is 0 Å². The van der Waals surface area contributed by atoms with Gasteiger partial charge in [0.15, 0.2) is 0 Å². The van der Waals surface area contributed by atoms with Crippen molar-refractivity contribution in [1.82, 2.24) is 4.90 Å². The van der Waals surface area contributed by atoms with Gasteiger partial charge in [-0.25, -0.2) is 0 Å². The zero-order valence-electron chi connectivity index (χ0n) is 15.2. The van der Waals surface area contributed by atoms with Gasteiger partial charge in [-0.1, -0.05) is 54.6 Å². The van der Waals surface area contributed by atoms with E-state index in [0.29, 0.717) is 0 Å². The Morgan fingerprint density at radius 2 is 1.52 bits per heavy atom. The van der Waals surface area contributed by atoms with E-state index in [2.05, 4.69) is 73.6 Å². The normalized spacial score (nSPS) is 24.6. The van der Waals surface area contributed by atoms with Crippen LogP contribution in [0.1, 0.15) is 36.0 Å². The van der Waals surface area contributed by atoms with Gasteiger partial charge in [0.1, 0.15) is 5.60 Å². The van der Waals surface area contributed by atoms with E-state index in [9.17, 15) is 0 Å². The predicted molar refractivity (Wildman–Crippen MR) is 99.7 cm³/mol. The Morgan fingerprint density at radius 3 is 2.20 bits per heavy atom. The molecule has 3 heteroatoms. The van der Waals surface area contributed by atoms with Gasteiger partial charge in [0.2, 0.25) is 0 Å². The van der Waals surface area contributed by atoms with Crippen LogP contribution in [0.5, 0.6) is 0 Å². The topological polar surface area (TPSA) is 21.7 Å². The number of benzene rings is 2. The van der Waals surface area contributed by atoms with Crippen LogP contribution in [-0.2, 0) is 20.7 Å². The summed E-state index contributed by atoms with van der Waals surface area (Å²) >= 11 is 0. The van der Waals surface area contributed by atoms with Gasteiger partial charge in [0.25, 0.3) is 0 Å². The molecule has 4 rings (SSSR count). The van der Waals surface area contributed by atoms with E-state index >= 15 is 0 Å². The summed E-state index contributed by atoms with van der Waals surface area (Å²) in [6, 6.07) is 19.6. The molecule has 0 amide bonds. The zero-order valence-corrected chi connectivity index (χ0v) is 15.2. The van der Waals surface area contributed by atoms with Crippen LogP contribution in [0.4, 0.5) is 0 Å². The highest BCUT2D eigenvalue weighted by Gasteiger charge is 2.54. The van der Waals surface area contributed by atoms with E-state index < -0.39 is 0 Å². The molecule has 0 bridgehead atoms. The highest BCUT2D eigenvalue weighted by molar-refractivity contribution is 5.48. The fourth-order valence-corrected chi connectivity index (χ4v) is 4.38. The molecule has 2 aromatic carbocycles. The molecule has 1 fully saturated rings. The van der Waals surface area contributed by atoms with Gasteiger partial charge < -0.3 is 14.4 Å². The Kier molecular flexibility index (Phi) is 4.40. The molecule has 1 saturated heterocycles.